The molecule has 0 atom stereocenters. The van der Waals surface area contributed by atoms with E-state index in [1.54, 1.807) is 11.8 Å². The molecule has 0 aliphatic carbocycles. The molecule has 0 fully saturated rings. The number of rotatable bonds is 3. The van der Waals surface area contributed by atoms with Gasteiger partial charge in [0, 0.05) is 38.3 Å². The fourth-order valence-electron chi connectivity index (χ4n) is 4.22. The SMILES string of the molecule is C=C1NCCCN(C(=O)OCC)CCCOc2ccc(cc2)CNc2nc(nc(OCC(F)(F)F)n2)Cc2ccc1cc2. The summed E-state index contributed by atoms with van der Waals surface area (Å²) in [6.07, 6.45) is -3.33. The van der Waals surface area contributed by atoms with E-state index in [9.17, 15) is 18.0 Å². The highest BCUT2D eigenvalue weighted by Crippen LogP contribution is 2.20. The number of nitrogens with one attached hydrogen (secondary N) is 2. The normalized spacial score (nSPS) is 15.1. The average Bonchev–Trinajstić information content (AvgIpc) is 2.98. The van der Waals surface area contributed by atoms with Crippen LogP contribution in [-0.2, 0) is 17.7 Å². The van der Waals surface area contributed by atoms with E-state index in [2.05, 4.69) is 32.2 Å². The number of anilines is 1. The molecule has 43 heavy (non-hydrogen) atoms. The van der Waals surface area contributed by atoms with E-state index < -0.39 is 18.8 Å². The third-order valence-electron chi connectivity index (χ3n) is 6.38. The Morgan fingerprint density at radius 2 is 1.72 bits per heavy atom. The molecular weight excluding hydrogens is 565 g/mol. The average molecular weight is 601 g/mol. The Hall–Kier alpha value is -4.55. The Morgan fingerprint density at radius 3 is 2.44 bits per heavy atom. The van der Waals surface area contributed by atoms with E-state index in [1.165, 1.54) is 0 Å². The molecule has 230 valence electrons. The molecular formula is C30H35F3N6O4. The van der Waals surface area contributed by atoms with Gasteiger partial charge in [-0.1, -0.05) is 43.0 Å². The predicted molar refractivity (Wildman–Crippen MR) is 155 cm³/mol. The lowest BCUT2D eigenvalue weighted by Crippen LogP contribution is -2.35. The van der Waals surface area contributed by atoms with Gasteiger partial charge >= 0.3 is 18.3 Å². The van der Waals surface area contributed by atoms with Crippen molar-refractivity contribution in [3.63, 3.8) is 0 Å². The Kier molecular flexibility index (Phi) is 11.0. The molecule has 7 rings (SSSR count). The highest BCUT2D eigenvalue weighted by atomic mass is 19.4. The van der Waals surface area contributed by atoms with E-state index in [4.69, 9.17) is 14.2 Å². The van der Waals surface area contributed by atoms with Gasteiger partial charge in [0.25, 0.3) is 0 Å². The van der Waals surface area contributed by atoms with Crippen LogP contribution in [0.3, 0.4) is 0 Å². The van der Waals surface area contributed by atoms with Gasteiger partial charge in [-0.25, -0.2) is 4.79 Å². The van der Waals surface area contributed by atoms with Crippen molar-refractivity contribution in [1.82, 2.24) is 25.2 Å². The van der Waals surface area contributed by atoms with Gasteiger partial charge in [-0.2, -0.15) is 28.1 Å². The van der Waals surface area contributed by atoms with E-state index in [1.807, 2.05) is 48.5 Å². The number of amides is 1. The first-order valence-corrected chi connectivity index (χ1v) is 14.0. The van der Waals surface area contributed by atoms with Gasteiger partial charge in [0.2, 0.25) is 5.95 Å². The first kappa shape index (κ1) is 31.4. The lowest BCUT2D eigenvalue weighted by atomic mass is 10.1. The minimum absolute atomic E-state index is 0.0947. The molecule has 1 aromatic heterocycles. The van der Waals surface area contributed by atoms with Gasteiger partial charge in [-0.3, -0.25) is 0 Å². The molecule has 6 bridgehead atoms. The van der Waals surface area contributed by atoms with Gasteiger partial charge in [0.1, 0.15) is 11.6 Å². The summed E-state index contributed by atoms with van der Waals surface area (Å²) in [5.41, 5.74) is 3.30. The molecule has 1 amide bonds. The van der Waals surface area contributed by atoms with Crippen molar-refractivity contribution >= 4 is 17.7 Å². The third kappa shape index (κ3) is 10.3. The monoisotopic (exact) mass is 600 g/mol. The van der Waals surface area contributed by atoms with Gasteiger partial charge in [0.15, 0.2) is 6.61 Å². The topological polar surface area (TPSA) is 111 Å². The van der Waals surface area contributed by atoms with Gasteiger partial charge < -0.3 is 29.7 Å². The van der Waals surface area contributed by atoms with E-state index >= 15 is 0 Å². The number of carbonyl (C=O) groups excluding carboxylic acids is 1. The summed E-state index contributed by atoms with van der Waals surface area (Å²) < 4.78 is 54.3. The Labute approximate surface area is 248 Å². The van der Waals surface area contributed by atoms with Gasteiger partial charge in [0.05, 0.1) is 13.2 Å². The second-order valence-electron chi connectivity index (χ2n) is 9.78. The van der Waals surface area contributed by atoms with E-state index in [0.717, 1.165) is 22.4 Å². The molecule has 0 unspecified atom stereocenters. The maximum absolute atomic E-state index is 12.8. The first-order chi connectivity index (χ1) is 20.7. The quantitative estimate of drug-likeness (QED) is 0.419. The fourth-order valence-corrected chi connectivity index (χ4v) is 4.22. The Morgan fingerprint density at radius 1 is 1.00 bits per heavy atom. The van der Waals surface area contributed by atoms with Crippen LogP contribution in [-0.4, -0.2) is 71.6 Å². The van der Waals surface area contributed by atoms with Crippen LogP contribution in [0.15, 0.2) is 55.1 Å². The zero-order valence-electron chi connectivity index (χ0n) is 24.0. The molecule has 2 N–H and O–H groups in total. The lowest BCUT2D eigenvalue weighted by molar-refractivity contribution is -0.154. The van der Waals surface area contributed by atoms with Crippen LogP contribution in [0.5, 0.6) is 11.8 Å². The molecule has 13 heteroatoms. The zero-order chi connectivity index (χ0) is 30.7. The van der Waals surface area contributed by atoms with Crippen molar-refractivity contribution in [3.05, 3.63) is 77.6 Å². The second kappa shape index (κ2) is 15.1. The van der Waals surface area contributed by atoms with Crippen LogP contribution in [0.25, 0.3) is 5.70 Å². The van der Waals surface area contributed by atoms with Crippen LogP contribution in [0.1, 0.15) is 42.3 Å². The molecule has 4 aliphatic heterocycles. The smallest absolute Gasteiger partial charge is 0.422 e. The number of halogens is 3. The minimum Gasteiger partial charge on any atom is -0.494 e. The summed E-state index contributed by atoms with van der Waals surface area (Å²) in [7, 11) is 0. The minimum atomic E-state index is -4.53. The molecule has 5 heterocycles. The number of ether oxygens (including phenoxy) is 3. The number of nitrogens with zero attached hydrogens (tertiary/aromatic N) is 4. The van der Waals surface area contributed by atoms with E-state index in [-0.39, 0.29) is 24.3 Å². The van der Waals surface area contributed by atoms with Crippen LogP contribution in [0.2, 0.25) is 0 Å². The van der Waals surface area contributed by atoms with Crippen molar-refractivity contribution in [1.29, 1.82) is 0 Å². The second-order valence-corrected chi connectivity index (χ2v) is 9.78. The first-order valence-electron chi connectivity index (χ1n) is 14.0. The van der Waals surface area contributed by atoms with Crippen LogP contribution < -0.4 is 20.1 Å². The molecule has 2 aromatic carbocycles. The molecule has 0 saturated heterocycles. The number of alkyl halides is 3. The van der Waals surface area contributed by atoms with Crippen LogP contribution >= 0.6 is 0 Å². The predicted octanol–water partition coefficient (Wildman–Crippen LogP) is 5.21. The van der Waals surface area contributed by atoms with Crippen molar-refractivity contribution in [2.75, 3.05) is 44.8 Å². The van der Waals surface area contributed by atoms with Gasteiger partial charge in [-0.15, -0.1) is 0 Å². The zero-order valence-corrected chi connectivity index (χ0v) is 24.0. The standard InChI is InChI=1S/C30H35F3N6O4/c1-3-41-29(40)39-15-4-14-34-21(2)24-10-6-22(7-11-24)18-26-36-27(38-28(37-26)43-20-30(31,32)33)35-19-23-8-12-25(13-9-23)42-17-5-16-39/h6-13,34H,2-5,14-20H2,1H3,(H,35,36,37,38). The largest absolute Gasteiger partial charge is 0.494 e. The summed E-state index contributed by atoms with van der Waals surface area (Å²) in [6.45, 7) is 7.00. The number of hydrogen-bond donors (Lipinski definition) is 2. The summed E-state index contributed by atoms with van der Waals surface area (Å²) in [5, 5.41) is 6.33. The maximum Gasteiger partial charge on any atom is 0.422 e. The van der Waals surface area contributed by atoms with Crippen molar-refractivity contribution < 1.29 is 32.2 Å². The van der Waals surface area contributed by atoms with E-state index in [0.29, 0.717) is 58.0 Å². The summed E-state index contributed by atoms with van der Waals surface area (Å²) in [6, 6.07) is 14.5. The van der Waals surface area contributed by atoms with Crippen molar-refractivity contribution in [3.8, 4) is 11.8 Å². The van der Waals surface area contributed by atoms with Crippen molar-refractivity contribution in [2.45, 2.75) is 38.9 Å². The molecule has 0 radical (unpaired) electrons. The van der Waals surface area contributed by atoms with Crippen LogP contribution in [0, 0.1) is 0 Å². The third-order valence-corrected chi connectivity index (χ3v) is 6.38. The molecule has 3 aromatic rings. The number of aromatic nitrogens is 3. The van der Waals surface area contributed by atoms with Crippen LogP contribution in [0.4, 0.5) is 23.9 Å². The van der Waals surface area contributed by atoms with Gasteiger partial charge in [-0.05, 0) is 48.6 Å². The number of benzene rings is 2. The molecule has 10 nitrogen and oxygen atoms in total. The highest BCUT2D eigenvalue weighted by molar-refractivity contribution is 5.67. The number of hydrogen-bond acceptors (Lipinski definition) is 9. The lowest BCUT2D eigenvalue weighted by Gasteiger charge is -2.22. The maximum atomic E-state index is 12.8. The Bertz CT molecular complexity index is 1350. The summed E-state index contributed by atoms with van der Waals surface area (Å²) >= 11 is 0. The molecule has 0 saturated carbocycles. The summed E-state index contributed by atoms with van der Waals surface area (Å²) in [4.78, 5) is 26.7. The fraction of sp³-hybridized carbons (Fsp3) is 0.400. The molecule has 0 spiro atoms. The highest BCUT2D eigenvalue weighted by Gasteiger charge is 2.29. The van der Waals surface area contributed by atoms with Crippen molar-refractivity contribution in [2.24, 2.45) is 0 Å². The summed E-state index contributed by atoms with van der Waals surface area (Å²) in [5.74, 6) is 1.01. The number of carbonyl (C=O) groups is 1. The Balaban J connectivity index is 1.53. The molecule has 4 aliphatic rings.